The Hall–Kier alpha value is -3.79. The Morgan fingerprint density at radius 2 is 2.09 bits per heavy atom. The van der Waals surface area contributed by atoms with Gasteiger partial charge in [-0.1, -0.05) is 12.1 Å². The lowest BCUT2D eigenvalue weighted by molar-refractivity contribution is -0.385. The summed E-state index contributed by atoms with van der Waals surface area (Å²) >= 11 is 0. The number of nitro benzene ring substituents is 1. The Labute approximate surface area is 202 Å². The summed E-state index contributed by atoms with van der Waals surface area (Å²) in [4.78, 5) is 42.5. The summed E-state index contributed by atoms with van der Waals surface area (Å²) < 4.78 is 7.38. The number of nitrogens with one attached hydrogen (secondary N) is 1. The first-order valence-corrected chi connectivity index (χ1v) is 11.4. The topological polar surface area (TPSA) is 120 Å². The van der Waals surface area contributed by atoms with Gasteiger partial charge < -0.3 is 15.0 Å². The molecule has 0 saturated carbocycles. The van der Waals surface area contributed by atoms with Gasteiger partial charge in [-0.25, -0.2) is 4.98 Å². The molecular weight excluding hydrogens is 450 g/mol. The van der Waals surface area contributed by atoms with E-state index >= 15 is 0 Å². The minimum absolute atomic E-state index is 0.0632. The second kappa shape index (κ2) is 9.10. The molecule has 1 amide bonds. The second-order valence-corrected chi connectivity index (χ2v) is 9.02. The van der Waals surface area contributed by atoms with Crippen LogP contribution in [0.4, 0.5) is 11.4 Å². The first-order chi connectivity index (χ1) is 16.6. The SMILES string of the molecule is COC1(c2cc3c(N[C@H](C)c4cccc([N+](=O)[O-])c4C)ccnc3n(C)c2=O)CCN(C(C)=O)C1. The Morgan fingerprint density at radius 1 is 1.34 bits per heavy atom. The number of nitro groups is 1. The first kappa shape index (κ1) is 24.3. The smallest absolute Gasteiger partial charge is 0.272 e. The number of hydrogen-bond acceptors (Lipinski definition) is 7. The van der Waals surface area contributed by atoms with E-state index in [0.29, 0.717) is 36.3 Å². The molecule has 1 aromatic carbocycles. The van der Waals surface area contributed by atoms with Crippen molar-refractivity contribution in [1.82, 2.24) is 14.5 Å². The molecule has 3 aromatic rings. The standard InChI is InChI=1S/C25H29N5O5/c1-15-18(7-6-8-22(15)30(33)34)16(2)27-21-9-11-26-23-19(21)13-20(24(32)28(23)4)25(35-5)10-12-29(14-25)17(3)31/h6-9,11,13,16H,10,12,14H2,1-5H3,(H,26,27)/t16-,25?/m1/s1. The summed E-state index contributed by atoms with van der Waals surface area (Å²) in [5.41, 5.74) is 2.03. The monoisotopic (exact) mass is 479 g/mol. The molecule has 1 N–H and O–H groups in total. The number of carbonyl (C=O) groups is 1. The highest BCUT2D eigenvalue weighted by atomic mass is 16.6. The molecule has 4 rings (SSSR count). The quantitative estimate of drug-likeness (QED) is 0.425. The minimum Gasteiger partial charge on any atom is -0.378 e. The molecule has 0 radical (unpaired) electrons. The van der Waals surface area contributed by atoms with Crippen molar-refractivity contribution in [3.63, 3.8) is 0 Å². The number of carbonyl (C=O) groups excluding carboxylic acids is 1. The molecule has 1 saturated heterocycles. The van der Waals surface area contributed by atoms with Crippen LogP contribution in [-0.2, 0) is 22.2 Å². The number of rotatable bonds is 6. The normalized spacial score (nSPS) is 18.6. The maximum atomic E-state index is 13.4. The number of anilines is 1. The van der Waals surface area contributed by atoms with E-state index in [1.165, 1.54) is 17.6 Å². The van der Waals surface area contributed by atoms with Crippen LogP contribution in [0.25, 0.3) is 11.0 Å². The molecule has 10 nitrogen and oxygen atoms in total. The van der Waals surface area contributed by atoms with Gasteiger partial charge in [-0.2, -0.15) is 0 Å². The van der Waals surface area contributed by atoms with Crippen LogP contribution in [0.2, 0.25) is 0 Å². The first-order valence-electron chi connectivity index (χ1n) is 11.4. The van der Waals surface area contributed by atoms with E-state index in [1.807, 2.05) is 19.1 Å². The molecule has 3 heterocycles. The predicted molar refractivity (Wildman–Crippen MR) is 132 cm³/mol. The van der Waals surface area contributed by atoms with Gasteiger partial charge in [-0.05, 0) is 31.5 Å². The molecular formula is C25H29N5O5. The molecule has 1 fully saturated rings. The third-order valence-corrected chi connectivity index (χ3v) is 7.05. The largest absolute Gasteiger partial charge is 0.378 e. The number of nitrogens with zero attached hydrogens (tertiary/aromatic N) is 4. The number of ether oxygens (including phenoxy) is 1. The van der Waals surface area contributed by atoms with Crippen molar-refractivity contribution in [1.29, 1.82) is 0 Å². The van der Waals surface area contributed by atoms with Gasteiger partial charge in [-0.3, -0.25) is 24.3 Å². The number of likely N-dealkylation sites (tertiary alicyclic amines) is 1. The van der Waals surface area contributed by atoms with Gasteiger partial charge in [0.1, 0.15) is 11.2 Å². The molecule has 2 atom stereocenters. The second-order valence-electron chi connectivity index (χ2n) is 9.02. The highest BCUT2D eigenvalue weighted by Gasteiger charge is 2.43. The van der Waals surface area contributed by atoms with E-state index in [1.54, 1.807) is 44.3 Å². The summed E-state index contributed by atoms with van der Waals surface area (Å²) in [5.74, 6) is -0.0632. The number of methoxy groups -OCH3 is 1. The van der Waals surface area contributed by atoms with Gasteiger partial charge in [0.25, 0.3) is 11.2 Å². The van der Waals surface area contributed by atoms with Crippen LogP contribution in [0.3, 0.4) is 0 Å². The van der Waals surface area contributed by atoms with E-state index < -0.39 is 5.60 Å². The summed E-state index contributed by atoms with van der Waals surface area (Å²) in [6, 6.07) is 8.39. The number of amides is 1. The van der Waals surface area contributed by atoms with Crippen molar-refractivity contribution in [2.45, 2.75) is 38.8 Å². The lowest BCUT2D eigenvalue weighted by Crippen LogP contribution is -2.40. The lowest BCUT2D eigenvalue weighted by Gasteiger charge is -2.28. The predicted octanol–water partition coefficient (Wildman–Crippen LogP) is 3.42. The summed E-state index contributed by atoms with van der Waals surface area (Å²) in [5, 5.41) is 15.6. The number of aryl methyl sites for hydroxylation is 1. The van der Waals surface area contributed by atoms with Crippen LogP contribution in [0.15, 0.2) is 41.3 Å². The van der Waals surface area contributed by atoms with E-state index in [-0.39, 0.29) is 28.1 Å². The number of aromatic nitrogens is 2. The van der Waals surface area contributed by atoms with Crippen molar-refractivity contribution < 1.29 is 14.5 Å². The Kier molecular flexibility index (Phi) is 6.33. The van der Waals surface area contributed by atoms with Crippen LogP contribution in [0, 0.1) is 17.0 Å². The third-order valence-electron chi connectivity index (χ3n) is 7.05. The molecule has 0 spiro atoms. The van der Waals surface area contributed by atoms with Gasteiger partial charge in [0.2, 0.25) is 5.91 Å². The van der Waals surface area contributed by atoms with E-state index in [9.17, 15) is 19.7 Å². The summed E-state index contributed by atoms with van der Waals surface area (Å²) in [6.45, 7) is 5.98. The Balaban J connectivity index is 1.81. The minimum atomic E-state index is -0.913. The Bertz CT molecular complexity index is 1380. The molecule has 2 aromatic heterocycles. The van der Waals surface area contributed by atoms with Crippen molar-refractivity contribution >= 4 is 28.3 Å². The molecule has 0 bridgehead atoms. The highest BCUT2D eigenvalue weighted by molar-refractivity contribution is 5.89. The zero-order valence-electron chi connectivity index (χ0n) is 20.5. The zero-order chi connectivity index (χ0) is 25.5. The Morgan fingerprint density at radius 3 is 2.71 bits per heavy atom. The average molecular weight is 480 g/mol. The van der Waals surface area contributed by atoms with Crippen LogP contribution in [0.5, 0.6) is 0 Å². The van der Waals surface area contributed by atoms with Gasteiger partial charge in [0, 0.05) is 69.0 Å². The number of benzene rings is 1. The fraction of sp³-hybridized carbons (Fsp3) is 0.400. The fourth-order valence-corrected chi connectivity index (χ4v) is 4.97. The molecule has 10 heteroatoms. The zero-order valence-corrected chi connectivity index (χ0v) is 20.5. The van der Waals surface area contributed by atoms with Gasteiger partial charge in [0.15, 0.2) is 0 Å². The summed E-state index contributed by atoms with van der Waals surface area (Å²) in [7, 11) is 3.23. The molecule has 0 aliphatic carbocycles. The molecule has 1 aliphatic heterocycles. The van der Waals surface area contributed by atoms with Crippen LogP contribution in [-0.4, -0.2) is 45.5 Å². The third kappa shape index (κ3) is 4.14. The molecule has 1 unspecified atom stereocenters. The van der Waals surface area contributed by atoms with Crippen LogP contribution < -0.4 is 10.9 Å². The highest BCUT2D eigenvalue weighted by Crippen LogP contribution is 2.36. The van der Waals surface area contributed by atoms with Crippen molar-refractivity contribution in [2.75, 3.05) is 25.5 Å². The van der Waals surface area contributed by atoms with Crippen molar-refractivity contribution in [3.05, 3.63) is 73.7 Å². The maximum Gasteiger partial charge on any atom is 0.272 e. The van der Waals surface area contributed by atoms with Crippen molar-refractivity contribution in [2.24, 2.45) is 7.05 Å². The fourth-order valence-electron chi connectivity index (χ4n) is 4.97. The average Bonchev–Trinajstić information content (AvgIpc) is 3.27. The maximum absolute atomic E-state index is 13.4. The lowest BCUT2D eigenvalue weighted by atomic mass is 9.92. The van der Waals surface area contributed by atoms with Crippen LogP contribution in [0.1, 0.15) is 43.0 Å². The van der Waals surface area contributed by atoms with E-state index in [4.69, 9.17) is 4.74 Å². The van der Waals surface area contributed by atoms with Gasteiger partial charge in [0.05, 0.1) is 17.0 Å². The van der Waals surface area contributed by atoms with E-state index in [2.05, 4.69) is 10.3 Å². The molecule has 35 heavy (non-hydrogen) atoms. The van der Waals surface area contributed by atoms with E-state index in [0.717, 1.165) is 16.6 Å². The van der Waals surface area contributed by atoms with Gasteiger partial charge in [-0.15, -0.1) is 0 Å². The number of fused-ring (bicyclic) bond motifs is 1. The van der Waals surface area contributed by atoms with Gasteiger partial charge >= 0.3 is 0 Å². The van der Waals surface area contributed by atoms with Crippen LogP contribution >= 0.6 is 0 Å². The molecule has 184 valence electrons. The summed E-state index contributed by atoms with van der Waals surface area (Å²) in [6.07, 6.45) is 2.13. The number of hydrogen-bond donors (Lipinski definition) is 1. The van der Waals surface area contributed by atoms with Crippen molar-refractivity contribution in [3.8, 4) is 0 Å². The molecule has 1 aliphatic rings. The number of pyridine rings is 2.